The minimum absolute atomic E-state index is 0.481. The van der Waals surface area contributed by atoms with Gasteiger partial charge in [0.2, 0.25) is 0 Å². The van der Waals surface area contributed by atoms with Gasteiger partial charge >= 0.3 is 0 Å². The first-order chi connectivity index (χ1) is 9.17. The number of benzene rings is 2. The molecule has 1 heterocycles. The van der Waals surface area contributed by atoms with Crippen LogP contribution in [0.3, 0.4) is 0 Å². The lowest BCUT2D eigenvalue weighted by Crippen LogP contribution is -1.82. The Hall–Kier alpha value is -1.77. The normalized spacial score (nSPS) is 10.8. The number of hydrogen-bond donors (Lipinski definition) is 0. The first kappa shape index (κ1) is 12.3. The third kappa shape index (κ3) is 2.25. The summed E-state index contributed by atoms with van der Waals surface area (Å²) >= 11 is 12.1. The highest BCUT2D eigenvalue weighted by Gasteiger charge is 2.10. The molecule has 0 atom stereocenters. The van der Waals surface area contributed by atoms with Crippen LogP contribution in [0, 0.1) is 0 Å². The van der Waals surface area contributed by atoms with Gasteiger partial charge < -0.3 is 4.42 Å². The van der Waals surface area contributed by atoms with E-state index in [-0.39, 0.29) is 0 Å². The second kappa shape index (κ2) is 4.72. The van der Waals surface area contributed by atoms with Crippen molar-refractivity contribution in [2.45, 2.75) is 0 Å². The van der Waals surface area contributed by atoms with E-state index < -0.39 is 0 Å². The monoisotopic (exact) mass is 290 g/mol. The molecular formula is C15H8Cl2O2. The molecule has 0 aliphatic heterocycles. The van der Waals surface area contributed by atoms with Gasteiger partial charge in [0.05, 0.1) is 5.02 Å². The Morgan fingerprint density at radius 2 is 1.84 bits per heavy atom. The molecular weight excluding hydrogens is 283 g/mol. The average molecular weight is 291 g/mol. The molecule has 0 saturated heterocycles. The lowest BCUT2D eigenvalue weighted by Gasteiger charge is -2.00. The smallest absolute Gasteiger partial charge is 0.150 e. The molecule has 2 aromatic carbocycles. The summed E-state index contributed by atoms with van der Waals surface area (Å²) in [5.41, 5.74) is 2.03. The zero-order valence-electron chi connectivity index (χ0n) is 9.69. The molecule has 0 saturated carbocycles. The highest BCUT2D eigenvalue weighted by Crippen LogP contribution is 2.33. The molecule has 19 heavy (non-hydrogen) atoms. The number of carbonyl (C=O) groups is 1. The van der Waals surface area contributed by atoms with Crippen LogP contribution in [0.1, 0.15) is 10.4 Å². The van der Waals surface area contributed by atoms with Gasteiger partial charge in [0.15, 0.2) is 0 Å². The van der Waals surface area contributed by atoms with E-state index in [0.717, 1.165) is 22.8 Å². The van der Waals surface area contributed by atoms with Crippen molar-refractivity contribution >= 4 is 40.5 Å². The number of aldehydes is 1. The average Bonchev–Trinajstić information content (AvgIpc) is 2.81. The summed E-state index contributed by atoms with van der Waals surface area (Å²) < 4.78 is 5.73. The minimum Gasteiger partial charge on any atom is -0.456 e. The molecule has 0 bridgehead atoms. The molecule has 0 radical (unpaired) electrons. The second-order valence-corrected chi connectivity index (χ2v) is 4.99. The molecule has 3 rings (SSSR count). The van der Waals surface area contributed by atoms with Gasteiger partial charge in [-0.2, -0.15) is 0 Å². The van der Waals surface area contributed by atoms with Crippen molar-refractivity contribution in [2.75, 3.05) is 0 Å². The van der Waals surface area contributed by atoms with Gasteiger partial charge in [-0.15, -0.1) is 0 Å². The summed E-state index contributed by atoms with van der Waals surface area (Å²) in [7, 11) is 0. The predicted octanol–water partition coefficient (Wildman–Crippen LogP) is 5.22. The fraction of sp³-hybridized carbons (Fsp3) is 0. The van der Waals surface area contributed by atoms with Crippen LogP contribution in [0.4, 0.5) is 0 Å². The molecule has 0 aliphatic carbocycles. The van der Waals surface area contributed by atoms with Crippen molar-refractivity contribution in [1.29, 1.82) is 0 Å². The lowest BCUT2D eigenvalue weighted by molar-refractivity contribution is 0.112. The predicted molar refractivity (Wildman–Crippen MR) is 77.1 cm³/mol. The highest BCUT2D eigenvalue weighted by molar-refractivity contribution is 6.33. The van der Waals surface area contributed by atoms with Crippen molar-refractivity contribution in [1.82, 2.24) is 0 Å². The number of hydrogen-bond acceptors (Lipinski definition) is 2. The quantitative estimate of drug-likeness (QED) is 0.606. The largest absolute Gasteiger partial charge is 0.456 e. The number of rotatable bonds is 2. The van der Waals surface area contributed by atoms with E-state index in [9.17, 15) is 4.79 Å². The number of halogens is 2. The molecule has 3 aromatic rings. The third-order valence-corrected chi connectivity index (χ3v) is 3.42. The van der Waals surface area contributed by atoms with Gasteiger partial charge in [0, 0.05) is 21.5 Å². The number of fused-ring (bicyclic) bond motifs is 1. The molecule has 0 aliphatic rings. The number of furan rings is 1. The Bertz CT molecular complexity index is 775. The van der Waals surface area contributed by atoms with Crippen LogP contribution in [-0.4, -0.2) is 6.29 Å². The fourth-order valence-electron chi connectivity index (χ4n) is 1.95. The maximum absolute atomic E-state index is 10.7. The Morgan fingerprint density at radius 1 is 1.00 bits per heavy atom. The zero-order valence-corrected chi connectivity index (χ0v) is 11.2. The standard InChI is InChI=1S/C15H8Cl2O2/c16-11-2-4-14-10(6-11)7-15(19-14)12-3-1-9(8-18)5-13(12)17/h1-8H. The van der Waals surface area contributed by atoms with Crippen LogP contribution in [0.2, 0.25) is 10.0 Å². The van der Waals surface area contributed by atoms with Gasteiger partial charge in [-0.3, -0.25) is 4.79 Å². The van der Waals surface area contributed by atoms with Gasteiger partial charge in [-0.05, 0) is 36.4 Å². The van der Waals surface area contributed by atoms with Crippen LogP contribution in [-0.2, 0) is 0 Å². The van der Waals surface area contributed by atoms with E-state index in [1.807, 2.05) is 18.2 Å². The first-order valence-electron chi connectivity index (χ1n) is 5.61. The van der Waals surface area contributed by atoms with Crippen molar-refractivity contribution in [3.8, 4) is 11.3 Å². The van der Waals surface area contributed by atoms with Crippen LogP contribution < -0.4 is 0 Å². The molecule has 94 valence electrons. The van der Waals surface area contributed by atoms with Crippen LogP contribution >= 0.6 is 23.2 Å². The summed E-state index contributed by atoms with van der Waals surface area (Å²) in [4.78, 5) is 10.7. The summed E-state index contributed by atoms with van der Waals surface area (Å²) in [5.74, 6) is 0.653. The summed E-state index contributed by atoms with van der Waals surface area (Å²) in [6.07, 6.45) is 0.758. The van der Waals surface area contributed by atoms with E-state index >= 15 is 0 Å². The second-order valence-electron chi connectivity index (χ2n) is 4.15. The maximum atomic E-state index is 10.7. The minimum atomic E-state index is 0.481. The maximum Gasteiger partial charge on any atom is 0.150 e. The highest BCUT2D eigenvalue weighted by atomic mass is 35.5. The Labute approximate surface area is 119 Å². The van der Waals surface area contributed by atoms with Crippen LogP contribution in [0.25, 0.3) is 22.3 Å². The molecule has 0 N–H and O–H groups in total. The first-order valence-corrected chi connectivity index (χ1v) is 6.37. The summed E-state index contributed by atoms with van der Waals surface area (Å²) in [6, 6.07) is 12.4. The van der Waals surface area contributed by atoms with Crippen LogP contribution in [0.15, 0.2) is 46.9 Å². The van der Waals surface area contributed by atoms with E-state index in [1.165, 1.54) is 0 Å². The molecule has 4 heteroatoms. The molecule has 0 fully saturated rings. The molecule has 2 nitrogen and oxygen atoms in total. The molecule has 0 amide bonds. The van der Waals surface area contributed by atoms with Gasteiger partial charge in [0.25, 0.3) is 0 Å². The van der Waals surface area contributed by atoms with Gasteiger partial charge in [-0.25, -0.2) is 0 Å². The lowest BCUT2D eigenvalue weighted by atomic mass is 10.1. The van der Waals surface area contributed by atoms with Gasteiger partial charge in [0.1, 0.15) is 17.6 Å². The van der Waals surface area contributed by atoms with E-state index in [4.69, 9.17) is 27.6 Å². The zero-order chi connectivity index (χ0) is 13.4. The molecule has 1 aromatic heterocycles. The number of carbonyl (C=O) groups excluding carboxylic acids is 1. The van der Waals surface area contributed by atoms with E-state index in [0.29, 0.717) is 21.4 Å². The van der Waals surface area contributed by atoms with Crippen molar-refractivity contribution < 1.29 is 9.21 Å². The van der Waals surface area contributed by atoms with E-state index in [1.54, 1.807) is 24.3 Å². The topological polar surface area (TPSA) is 30.2 Å². The van der Waals surface area contributed by atoms with Crippen molar-refractivity contribution in [3.63, 3.8) is 0 Å². The Balaban J connectivity index is 2.16. The third-order valence-electron chi connectivity index (χ3n) is 2.87. The van der Waals surface area contributed by atoms with Crippen molar-refractivity contribution in [2.24, 2.45) is 0 Å². The van der Waals surface area contributed by atoms with Crippen molar-refractivity contribution in [3.05, 3.63) is 58.1 Å². The molecule has 0 unspecified atom stereocenters. The Kier molecular flexibility index (Phi) is 3.05. The fourth-order valence-corrected chi connectivity index (χ4v) is 2.41. The SMILES string of the molecule is O=Cc1ccc(-c2cc3cc(Cl)ccc3o2)c(Cl)c1. The van der Waals surface area contributed by atoms with E-state index in [2.05, 4.69) is 0 Å². The summed E-state index contributed by atoms with van der Waals surface area (Å²) in [5, 5.41) is 2.05. The van der Waals surface area contributed by atoms with Gasteiger partial charge in [-0.1, -0.05) is 29.3 Å². The molecule has 0 spiro atoms. The van der Waals surface area contributed by atoms with Crippen LogP contribution in [0.5, 0.6) is 0 Å². The Morgan fingerprint density at radius 3 is 2.58 bits per heavy atom. The summed E-state index contributed by atoms with van der Waals surface area (Å²) in [6.45, 7) is 0.